The lowest BCUT2D eigenvalue weighted by Gasteiger charge is -2.10. The Morgan fingerprint density at radius 3 is 2.59 bits per heavy atom. The molecule has 0 fully saturated rings. The van der Waals surface area contributed by atoms with Crippen LogP contribution in [0, 0.1) is 0 Å². The highest BCUT2D eigenvalue weighted by Crippen LogP contribution is 2.01. The van der Waals surface area contributed by atoms with Gasteiger partial charge in [0.1, 0.15) is 0 Å². The summed E-state index contributed by atoms with van der Waals surface area (Å²) in [5.74, 6) is -0.309. The van der Waals surface area contributed by atoms with E-state index < -0.39 is 0 Å². The van der Waals surface area contributed by atoms with Crippen LogP contribution in [0.15, 0.2) is 30.3 Å². The SMILES string of the molecule is COC(=O)C[C@@H](N)COCc1ccccc1.Cl. The molecule has 0 saturated carbocycles. The molecule has 0 aliphatic heterocycles. The number of hydrogen-bond acceptors (Lipinski definition) is 4. The van der Waals surface area contributed by atoms with Gasteiger partial charge in [0.2, 0.25) is 0 Å². The fraction of sp³-hybridized carbons (Fsp3) is 0.417. The van der Waals surface area contributed by atoms with Crippen LogP contribution in [-0.4, -0.2) is 25.7 Å². The van der Waals surface area contributed by atoms with Gasteiger partial charge in [-0.2, -0.15) is 0 Å². The topological polar surface area (TPSA) is 61.5 Å². The van der Waals surface area contributed by atoms with E-state index in [0.29, 0.717) is 13.2 Å². The number of carbonyl (C=O) groups is 1. The summed E-state index contributed by atoms with van der Waals surface area (Å²) in [5, 5.41) is 0. The molecule has 0 saturated heterocycles. The first kappa shape index (κ1) is 15.9. The van der Waals surface area contributed by atoms with Crippen molar-refractivity contribution in [3.63, 3.8) is 0 Å². The first-order chi connectivity index (χ1) is 7.72. The molecule has 0 aliphatic rings. The zero-order valence-corrected chi connectivity index (χ0v) is 10.6. The second kappa shape index (κ2) is 8.98. The van der Waals surface area contributed by atoms with Crippen molar-refractivity contribution in [1.82, 2.24) is 0 Å². The van der Waals surface area contributed by atoms with Gasteiger partial charge >= 0.3 is 5.97 Å². The van der Waals surface area contributed by atoms with Crippen LogP contribution in [0.4, 0.5) is 0 Å². The van der Waals surface area contributed by atoms with Gasteiger partial charge in [0.25, 0.3) is 0 Å². The molecule has 96 valence electrons. The Labute approximate surface area is 108 Å². The quantitative estimate of drug-likeness (QED) is 0.787. The highest BCUT2D eigenvalue weighted by Gasteiger charge is 2.09. The van der Waals surface area contributed by atoms with Crippen molar-refractivity contribution in [2.45, 2.75) is 19.1 Å². The Bertz CT molecular complexity index is 319. The molecule has 1 atom stereocenters. The number of halogens is 1. The molecule has 5 heteroatoms. The van der Waals surface area contributed by atoms with Crippen molar-refractivity contribution in [1.29, 1.82) is 0 Å². The molecule has 0 spiro atoms. The van der Waals surface area contributed by atoms with Gasteiger partial charge in [-0.25, -0.2) is 0 Å². The van der Waals surface area contributed by atoms with Crippen molar-refractivity contribution in [2.75, 3.05) is 13.7 Å². The first-order valence-corrected chi connectivity index (χ1v) is 5.16. The van der Waals surface area contributed by atoms with Crippen LogP contribution in [0.3, 0.4) is 0 Å². The predicted octanol–water partition coefficient (Wildman–Crippen LogP) is 1.52. The summed E-state index contributed by atoms with van der Waals surface area (Å²) in [7, 11) is 1.35. The lowest BCUT2D eigenvalue weighted by Crippen LogP contribution is -2.29. The van der Waals surface area contributed by atoms with Gasteiger partial charge in [0.05, 0.1) is 26.7 Å². The molecule has 0 amide bonds. The molecule has 4 nitrogen and oxygen atoms in total. The molecule has 1 rings (SSSR count). The number of methoxy groups -OCH3 is 1. The lowest BCUT2D eigenvalue weighted by atomic mass is 10.2. The third-order valence-corrected chi connectivity index (χ3v) is 2.10. The molecule has 0 aliphatic carbocycles. The fourth-order valence-electron chi connectivity index (χ4n) is 1.26. The second-order valence-electron chi connectivity index (χ2n) is 3.54. The summed E-state index contributed by atoms with van der Waals surface area (Å²) in [6.07, 6.45) is 0.186. The maximum atomic E-state index is 10.9. The second-order valence-corrected chi connectivity index (χ2v) is 3.54. The molecule has 0 aromatic heterocycles. The molecule has 2 N–H and O–H groups in total. The van der Waals surface area contributed by atoms with Gasteiger partial charge in [-0.15, -0.1) is 12.4 Å². The van der Waals surface area contributed by atoms with Gasteiger partial charge < -0.3 is 15.2 Å². The van der Waals surface area contributed by atoms with E-state index in [9.17, 15) is 4.79 Å². The molecular formula is C12H18ClNO3. The van der Waals surface area contributed by atoms with Crippen LogP contribution < -0.4 is 5.73 Å². The van der Waals surface area contributed by atoms with E-state index in [0.717, 1.165) is 5.56 Å². The van der Waals surface area contributed by atoms with Gasteiger partial charge in [0.15, 0.2) is 0 Å². The van der Waals surface area contributed by atoms with Crippen molar-refractivity contribution in [2.24, 2.45) is 5.73 Å². The number of nitrogens with two attached hydrogens (primary N) is 1. The number of esters is 1. The van der Waals surface area contributed by atoms with E-state index in [-0.39, 0.29) is 30.8 Å². The maximum Gasteiger partial charge on any atom is 0.307 e. The highest BCUT2D eigenvalue weighted by molar-refractivity contribution is 5.85. The third-order valence-electron chi connectivity index (χ3n) is 2.10. The molecule has 0 unspecified atom stereocenters. The van der Waals surface area contributed by atoms with E-state index in [4.69, 9.17) is 10.5 Å². The van der Waals surface area contributed by atoms with Crippen molar-refractivity contribution >= 4 is 18.4 Å². The number of carbonyl (C=O) groups excluding carboxylic acids is 1. The highest BCUT2D eigenvalue weighted by atomic mass is 35.5. The zero-order chi connectivity index (χ0) is 11.8. The van der Waals surface area contributed by atoms with Gasteiger partial charge in [-0.1, -0.05) is 30.3 Å². The maximum absolute atomic E-state index is 10.9. The summed E-state index contributed by atoms with van der Waals surface area (Å²) < 4.78 is 9.91. The fourth-order valence-corrected chi connectivity index (χ4v) is 1.26. The molecule has 0 radical (unpaired) electrons. The minimum atomic E-state index is -0.309. The van der Waals surface area contributed by atoms with Gasteiger partial charge in [0, 0.05) is 6.04 Å². The van der Waals surface area contributed by atoms with E-state index in [1.54, 1.807) is 0 Å². The van der Waals surface area contributed by atoms with Gasteiger partial charge in [-0.05, 0) is 5.56 Å². The predicted molar refractivity (Wildman–Crippen MR) is 68.0 cm³/mol. The third kappa shape index (κ3) is 6.94. The Hall–Kier alpha value is -1.10. The minimum absolute atomic E-state index is 0. The van der Waals surface area contributed by atoms with E-state index >= 15 is 0 Å². The number of ether oxygens (including phenoxy) is 2. The average Bonchev–Trinajstić information content (AvgIpc) is 2.30. The Balaban J connectivity index is 0.00000256. The lowest BCUT2D eigenvalue weighted by molar-refractivity contribution is -0.141. The van der Waals surface area contributed by atoms with Crippen LogP contribution in [-0.2, 0) is 20.9 Å². The summed E-state index contributed by atoms with van der Waals surface area (Å²) >= 11 is 0. The number of hydrogen-bond donors (Lipinski definition) is 1. The molecule has 1 aromatic carbocycles. The van der Waals surface area contributed by atoms with E-state index in [1.165, 1.54) is 7.11 Å². The average molecular weight is 260 g/mol. The van der Waals surface area contributed by atoms with Crippen LogP contribution in [0.2, 0.25) is 0 Å². The van der Waals surface area contributed by atoms with Crippen LogP contribution in [0.1, 0.15) is 12.0 Å². The van der Waals surface area contributed by atoms with Crippen LogP contribution >= 0.6 is 12.4 Å². The number of rotatable bonds is 6. The Kier molecular flexibility index (Phi) is 8.40. The molecule has 1 aromatic rings. The number of benzene rings is 1. The van der Waals surface area contributed by atoms with Crippen LogP contribution in [0.25, 0.3) is 0 Å². The van der Waals surface area contributed by atoms with Crippen LogP contribution in [0.5, 0.6) is 0 Å². The molecule has 0 heterocycles. The monoisotopic (exact) mass is 259 g/mol. The summed E-state index contributed by atoms with van der Waals surface area (Å²) in [5.41, 5.74) is 6.78. The van der Waals surface area contributed by atoms with Crippen molar-refractivity contribution < 1.29 is 14.3 Å². The summed E-state index contributed by atoms with van der Waals surface area (Å²) in [6, 6.07) is 9.50. The normalized spacial score (nSPS) is 11.4. The van der Waals surface area contributed by atoms with E-state index in [1.807, 2.05) is 30.3 Å². The van der Waals surface area contributed by atoms with Gasteiger partial charge in [-0.3, -0.25) is 4.79 Å². The Morgan fingerprint density at radius 2 is 2.00 bits per heavy atom. The van der Waals surface area contributed by atoms with E-state index in [2.05, 4.69) is 4.74 Å². The summed E-state index contributed by atoms with van der Waals surface area (Å²) in [6.45, 7) is 0.861. The molecule has 17 heavy (non-hydrogen) atoms. The molecular weight excluding hydrogens is 242 g/mol. The largest absolute Gasteiger partial charge is 0.469 e. The zero-order valence-electron chi connectivity index (χ0n) is 9.80. The minimum Gasteiger partial charge on any atom is -0.469 e. The standard InChI is InChI=1S/C12H17NO3.ClH/c1-15-12(14)7-11(13)9-16-8-10-5-3-2-4-6-10;/h2-6,11H,7-9,13H2,1H3;1H/t11-;/m1./s1. The Morgan fingerprint density at radius 1 is 1.35 bits per heavy atom. The first-order valence-electron chi connectivity index (χ1n) is 5.16. The smallest absolute Gasteiger partial charge is 0.307 e. The van der Waals surface area contributed by atoms with Crippen molar-refractivity contribution in [3.05, 3.63) is 35.9 Å². The summed E-state index contributed by atoms with van der Waals surface area (Å²) in [4.78, 5) is 10.9. The van der Waals surface area contributed by atoms with Crippen molar-refractivity contribution in [3.8, 4) is 0 Å². The molecule has 0 bridgehead atoms.